The van der Waals surface area contributed by atoms with E-state index < -0.39 is 138 Å². The number of carboxylic acids is 1. The summed E-state index contributed by atoms with van der Waals surface area (Å²) in [5.41, 5.74) is -8.43. The Morgan fingerprint density at radius 3 is 0.882 bits per heavy atom. The van der Waals surface area contributed by atoms with Gasteiger partial charge < -0.3 is 61.9 Å². The third-order valence-electron chi connectivity index (χ3n) is 14.1. The van der Waals surface area contributed by atoms with Crippen LogP contribution in [0.2, 0.25) is 0 Å². The molecule has 20 nitrogen and oxygen atoms in total. The molecule has 0 bridgehead atoms. The molecule has 0 amide bonds. The molecule has 1 N–H and O–H groups in total. The molecule has 412 valence electrons. The lowest BCUT2D eigenvalue weighted by Crippen LogP contribution is -2.49. The molecule has 4 fully saturated rings. The lowest BCUT2D eigenvalue weighted by Gasteiger charge is -2.37. The molecule has 3 aliphatic heterocycles. The minimum atomic E-state index is -2.13. The van der Waals surface area contributed by atoms with E-state index in [1.54, 1.807) is 27.7 Å². The molecule has 2 atom stereocenters. The van der Waals surface area contributed by atoms with Crippen LogP contribution in [0.25, 0.3) is 0 Å². The number of benzene rings is 3. The second-order valence-corrected chi connectivity index (χ2v) is 22.3. The minimum Gasteiger partial charge on any atom is -0.481 e. The highest BCUT2D eigenvalue weighted by Crippen LogP contribution is 2.46. The first-order chi connectivity index (χ1) is 35.9. The first-order valence-electron chi connectivity index (χ1n) is 25.1. The van der Waals surface area contributed by atoms with Crippen molar-refractivity contribution in [2.24, 2.45) is 37.9 Å². The Balaban J connectivity index is 1.01. The van der Waals surface area contributed by atoms with Gasteiger partial charge in [-0.05, 0) is 61.3 Å². The summed E-state index contributed by atoms with van der Waals surface area (Å²) < 4.78 is 69.3. The van der Waals surface area contributed by atoms with Crippen molar-refractivity contribution in [3.05, 3.63) is 108 Å². The maximum absolute atomic E-state index is 14.3. The number of hydrogen-bond donors (Lipinski definition) is 1. The Kier molecular flexibility index (Phi) is 17.8. The van der Waals surface area contributed by atoms with Gasteiger partial charge in [-0.1, -0.05) is 91.0 Å². The normalized spacial score (nSPS) is 27.3. The fourth-order valence-electron chi connectivity index (χ4n) is 7.86. The summed E-state index contributed by atoms with van der Waals surface area (Å²) in [5.74, 6) is -6.76. The Bertz CT molecular complexity index is 2440. The first-order valence-corrected chi connectivity index (χ1v) is 25.1. The number of carbonyl (C=O) groups is 7. The third-order valence-corrected chi connectivity index (χ3v) is 14.1. The van der Waals surface area contributed by atoms with Crippen LogP contribution < -0.4 is 0 Å². The summed E-state index contributed by atoms with van der Waals surface area (Å²) in [6.45, 7) is 5.11. The van der Waals surface area contributed by atoms with E-state index in [1.807, 2.05) is 91.0 Å². The molecule has 1 aliphatic carbocycles. The molecule has 0 spiro atoms. The highest BCUT2D eigenvalue weighted by Gasteiger charge is 2.51. The van der Waals surface area contributed by atoms with Crippen LogP contribution in [0.15, 0.2) is 91.0 Å². The summed E-state index contributed by atoms with van der Waals surface area (Å²) >= 11 is 0. The van der Waals surface area contributed by atoms with Crippen molar-refractivity contribution in [3.63, 3.8) is 0 Å². The van der Waals surface area contributed by atoms with Gasteiger partial charge in [-0.15, -0.1) is 0 Å². The molecular formula is C56H68O20. The van der Waals surface area contributed by atoms with Crippen LogP contribution in [0.1, 0.15) is 96.9 Å². The molecule has 1 saturated carbocycles. The molecule has 4 aliphatic rings. The van der Waals surface area contributed by atoms with Gasteiger partial charge in [0.15, 0.2) is 18.9 Å². The average molecular weight is 1060 g/mol. The fourth-order valence-corrected chi connectivity index (χ4v) is 7.86. The summed E-state index contributed by atoms with van der Waals surface area (Å²) in [7, 11) is 0. The van der Waals surface area contributed by atoms with Crippen molar-refractivity contribution in [3.8, 4) is 0 Å². The first kappa shape index (κ1) is 57.4. The monoisotopic (exact) mass is 1060 g/mol. The summed E-state index contributed by atoms with van der Waals surface area (Å²) in [6.07, 6.45) is -1.06. The second-order valence-electron chi connectivity index (χ2n) is 22.3. The molecule has 20 heteroatoms. The number of carbonyl (C=O) groups excluding carboxylic acids is 6. The Morgan fingerprint density at radius 1 is 0.408 bits per heavy atom. The summed E-state index contributed by atoms with van der Waals surface area (Å²) in [6, 6.07) is 27.3. The maximum Gasteiger partial charge on any atom is 0.318 e. The van der Waals surface area contributed by atoms with Gasteiger partial charge in [-0.25, -0.2) is 0 Å². The molecule has 3 saturated heterocycles. The molecule has 7 rings (SSSR count). The zero-order valence-corrected chi connectivity index (χ0v) is 44.0. The molecule has 0 aromatic heterocycles. The van der Waals surface area contributed by atoms with Gasteiger partial charge in [-0.3, -0.25) is 33.6 Å². The van der Waals surface area contributed by atoms with Crippen molar-refractivity contribution in [2.45, 2.75) is 80.2 Å². The number of hydrogen-bond acceptors (Lipinski definition) is 19. The van der Waals surface area contributed by atoms with Crippen molar-refractivity contribution < 1.29 is 95.5 Å². The topological polar surface area (TPSA) is 250 Å². The molecule has 0 radical (unpaired) electrons. The van der Waals surface area contributed by atoms with E-state index in [4.69, 9.17) is 56.8 Å². The second kappa shape index (κ2) is 23.5. The van der Waals surface area contributed by atoms with E-state index in [9.17, 15) is 38.7 Å². The molecule has 3 aromatic carbocycles. The lowest BCUT2D eigenvalue weighted by molar-refractivity contribution is -0.239. The largest absolute Gasteiger partial charge is 0.481 e. The van der Waals surface area contributed by atoms with Gasteiger partial charge in [0.25, 0.3) is 0 Å². The van der Waals surface area contributed by atoms with Crippen LogP contribution in [0.5, 0.6) is 0 Å². The zero-order valence-electron chi connectivity index (χ0n) is 44.0. The third kappa shape index (κ3) is 13.6. The van der Waals surface area contributed by atoms with Crippen LogP contribution >= 0.6 is 0 Å². The number of ether oxygens (including phenoxy) is 12. The van der Waals surface area contributed by atoms with E-state index in [0.717, 1.165) is 23.6 Å². The van der Waals surface area contributed by atoms with Crippen LogP contribution in [0, 0.1) is 37.9 Å². The molecule has 2 unspecified atom stereocenters. The van der Waals surface area contributed by atoms with Crippen LogP contribution in [0.4, 0.5) is 0 Å². The fraction of sp³-hybridized carbons (Fsp3) is 0.554. The van der Waals surface area contributed by atoms with Crippen LogP contribution in [-0.2, 0) is 90.4 Å². The predicted molar refractivity (Wildman–Crippen MR) is 263 cm³/mol. The Morgan fingerprint density at radius 2 is 0.645 bits per heavy atom. The highest BCUT2D eigenvalue weighted by atomic mass is 16.7. The van der Waals surface area contributed by atoms with E-state index in [2.05, 4.69) is 0 Å². The van der Waals surface area contributed by atoms with E-state index >= 15 is 0 Å². The quantitative estimate of drug-likeness (QED) is 0.0843. The van der Waals surface area contributed by atoms with Gasteiger partial charge >= 0.3 is 41.8 Å². The zero-order chi connectivity index (χ0) is 55.0. The smallest absolute Gasteiger partial charge is 0.318 e. The van der Waals surface area contributed by atoms with Crippen molar-refractivity contribution in [1.29, 1.82) is 0 Å². The maximum atomic E-state index is 14.3. The average Bonchev–Trinajstić information content (AvgIpc) is 4.20. The molecule has 3 aromatic rings. The number of rotatable bonds is 22. The number of carboxylic acid groups (broad SMARTS) is 1. The van der Waals surface area contributed by atoms with Crippen LogP contribution in [0.3, 0.4) is 0 Å². The van der Waals surface area contributed by atoms with Crippen molar-refractivity contribution in [2.75, 3.05) is 79.3 Å². The van der Waals surface area contributed by atoms with Crippen molar-refractivity contribution >= 4 is 41.8 Å². The Labute approximate surface area is 441 Å². The summed E-state index contributed by atoms with van der Waals surface area (Å²) in [5, 5.41) is 10.5. The number of aliphatic carboxylic acids is 1. The minimum absolute atomic E-state index is 0.0861. The van der Waals surface area contributed by atoms with Gasteiger partial charge in [0.2, 0.25) is 0 Å². The lowest BCUT2D eigenvalue weighted by atomic mass is 9.89. The standard InChI is InChI=1S/C56H68O20/c1-50(23-24-50)44(59)73-33-55(6,34-74-45(60)52(3)27-65-40(66-28-52)37-17-11-8-12-18-37)48(63)71-25-51(2,43(57)58)26-72-49(64)56(7,35-75-46(61)53(4)29-67-41(68-30-53)38-19-13-9-14-20-38)36-76-47(62)54(5)31-69-42(70-32-54)39-21-15-10-16-22-39/h8-22,40-42H,23-36H2,1-7H3,(H,57,58). The number of esters is 6. The van der Waals surface area contributed by atoms with Gasteiger partial charge in [-0.2, -0.15) is 0 Å². The Hall–Kier alpha value is -6.29. The van der Waals surface area contributed by atoms with Gasteiger partial charge in [0, 0.05) is 16.7 Å². The van der Waals surface area contributed by atoms with Crippen molar-refractivity contribution in [1.82, 2.24) is 0 Å². The predicted octanol–water partition coefficient (Wildman–Crippen LogP) is 6.40. The SMILES string of the molecule is CC(COC(=O)C(C)(COC(=O)C1(C)CC1)COC(=O)C1(C)COC(c2ccccc2)OC1)(COC(=O)C(C)(COC(=O)C1(C)COC(c2ccccc2)OC1)COC(=O)C1(C)COC(c2ccccc2)OC1)C(=O)O. The molecule has 76 heavy (non-hydrogen) atoms. The molecular weight excluding hydrogens is 993 g/mol. The molecule has 3 heterocycles. The van der Waals surface area contributed by atoms with E-state index in [0.29, 0.717) is 12.8 Å². The van der Waals surface area contributed by atoms with Gasteiger partial charge in [0.05, 0.1) is 45.1 Å². The van der Waals surface area contributed by atoms with Crippen LogP contribution in [-0.4, -0.2) is 126 Å². The van der Waals surface area contributed by atoms with E-state index in [-0.39, 0.29) is 39.6 Å². The summed E-state index contributed by atoms with van der Waals surface area (Å²) in [4.78, 5) is 95.4. The van der Waals surface area contributed by atoms with E-state index in [1.165, 1.54) is 13.8 Å². The van der Waals surface area contributed by atoms with Gasteiger partial charge in [0.1, 0.15) is 72.1 Å². The highest BCUT2D eigenvalue weighted by molar-refractivity contribution is 5.84.